The molecule has 0 aliphatic carbocycles. The van der Waals surface area contributed by atoms with Crippen molar-refractivity contribution < 1.29 is 17.6 Å². The third-order valence-electron chi connectivity index (χ3n) is 3.93. The molecule has 7 heteroatoms. The molecule has 2 rings (SSSR count). The zero-order valence-corrected chi connectivity index (χ0v) is 16.1. The number of aryl methyl sites for hydroxylation is 2. The van der Waals surface area contributed by atoms with Crippen molar-refractivity contribution in [2.24, 2.45) is 0 Å². The molecule has 0 unspecified atom stereocenters. The first-order valence-electron chi connectivity index (χ1n) is 8.18. The molecule has 26 heavy (non-hydrogen) atoms. The Labute approximate surface area is 153 Å². The highest BCUT2D eigenvalue weighted by molar-refractivity contribution is 7.92. The van der Waals surface area contributed by atoms with E-state index in [0.29, 0.717) is 5.69 Å². The molecule has 0 heterocycles. The molecule has 0 aliphatic rings. The maximum absolute atomic E-state index is 12.9. The smallest absolute Gasteiger partial charge is 0.243 e. The quantitative estimate of drug-likeness (QED) is 0.840. The zero-order valence-electron chi connectivity index (χ0n) is 15.3. The molecule has 5 nitrogen and oxygen atoms in total. The van der Waals surface area contributed by atoms with Crippen LogP contribution < -0.4 is 9.62 Å². The third-order valence-corrected chi connectivity index (χ3v) is 5.17. The van der Waals surface area contributed by atoms with Gasteiger partial charge >= 0.3 is 0 Å². The number of sulfonamides is 1. The van der Waals surface area contributed by atoms with Crippen LogP contribution in [0.2, 0.25) is 0 Å². The number of halogens is 1. The van der Waals surface area contributed by atoms with Crippen LogP contribution in [0.1, 0.15) is 23.6 Å². The Bertz CT molecular complexity index is 875. The number of carbonyl (C=O) groups is 1. The first-order valence-corrected chi connectivity index (χ1v) is 10.0. The second-order valence-electron chi connectivity index (χ2n) is 6.42. The standard InChI is InChI=1S/C19H23FN2O3S/c1-13-9-14(2)11-18(10-13)22(26(4,24)25)15(3)19(23)21-12-16-5-7-17(20)8-6-16/h5-11,15H,12H2,1-4H3,(H,21,23)/t15-/m0/s1. The lowest BCUT2D eigenvalue weighted by atomic mass is 10.1. The Hall–Kier alpha value is -2.41. The van der Waals surface area contributed by atoms with Gasteiger partial charge in [0.1, 0.15) is 11.9 Å². The van der Waals surface area contributed by atoms with Crippen molar-refractivity contribution in [2.75, 3.05) is 10.6 Å². The molecule has 0 bridgehead atoms. The molecule has 1 amide bonds. The zero-order chi connectivity index (χ0) is 19.5. The van der Waals surface area contributed by atoms with Crippen LogP contribution in [-0.2, 0) is 21.4 Å². The summed E-state index contributed by atoms with van der Waals surface area (Å²) in [7, 11) is -3.66. The number of carbonyl (C=O) groups excluding carboxylic acids is 1. The van der Waals surface area contributed by atoms with Crippen molar-refractivity contribution in [3.05, 3.63) is 65.0 Å². The van der Waals surface area contributed by atoms with Gasteiger partial charge in [-0.2, -0.15) is 0 Å². The highest BCUT2D eigenvalue weighted by Gasteiger charge is 2.29. The fourth-order valence-electron chi connectivity index (χ4n) is 2.83. The minimum Gasteiger partial charge on any atom is -0.350 e. The maximum atomic E-state index is 12.9. The average Bonchev–Trinajstić information content (AvgIpc) is 2.51. The van der Waals surface area contributed by atoms with E-state index in [-0.39, 0.29) is 12.4 Å². The van der Waals surface area contributed by atoms with Gasteiger partial charge in [0.25, 0.3) is 0 Å². The Morgan fingerprint density at radius 3 is 2.15 bits per heavy atom. The largest absolute Gasteiger partial charge is 0.350 e. The van der Waals surface area contributed by atoms with Crippen molar-refractivity contribution >= 4 is 21.6 Å². The molecule has 0 spiro atoms. The van der Waals surface area contributed by atoms with Crippen LogP contribution in [0, 0.1) is 19.7 Å². The molecule has 2 aromatic rings. The first-order chi connectivity index (χ1) is 12.1. The van der Waals surface area contributed by atoms with Gasteiger partial charge in [0.2, 0.25) is 15.9 Å². The summed E-state index contributed by atoms with van der Waals surface area (Å²) in [6, 6.07) is 10.2. The Kier molecular flexibility index (Phi) is 6.02. The van der Waals surface area contributed by atoms with Gasteiger partial charge in [0, 0.05) is 6.54 Å². The van der Waals surface area contributed by atoms with Crippen molar-refractivity contribution in [1.29, 1.82) is 0 Å². The van der Waals surface area contributed by atoms with Gasteiger partial charge in [0.15, 0.2) is 0 Å². The van der Waals surface area contributed by atoms with Crippen LogP contribution in [0.4, 0.5) is 10.1 Å². The molecule has 140 valence electrons. The third kappa shape index (κ3) is 5.05. The number of rotatable bonds is 6. The molecule has 1 atom stereocenters. The summed E-state index contributed by atoms with van der Waals surface area (Å²) in [4.78, 5) is 12.5. The molecule has 1 N–H and O–H groups in total. The summed E-state index contributed by atoms with van der Waals surface area (Å²) in [6.07, 6.45) is 1.08. The maximum Gasteiger partial charge on any atom is 0.243 e. The topological polar surface area (TPSA) is 66.5 Å². The van der Waals surface area contributed by atoms with E-state index >= 15 is 0 Å². The highest BCUT2D eigenvalue weighted by Crippen LogP contribution is 2.24. The normalized spacial score (nSPS) is 12.5. The highest BCUT2D eigenvalue weighted by atomic mass is 32.2. The predicted octanol–water partition coefficient (Wildman–Crippen LogP) is 2.91. The molecular formula is C19H23FN2O3S. The van der Waals surface area contributed by atoms with E-state index in [1.807, 2.05) is 19.9 Å². The summed E-state index contributed by atoms with van der Waals surface area (Å²) in [6.45, 7) is 5.47. The lowest BCUT2D eigenvalue weighted by Gasteiger charge is -2.28. The number of hydrogen-bond donors (Lipinski definition) is 1. The van der Waals surface area contributed by atoms with Gasteiger partial charge in [-0.1, -0.05) is 18.2 Å². The van der Waals surface area contributed by atoms with E-state index < -0.39 is 22.0 Å². The minimum atomic E-state index is -3.66. The fraction of sp³-hybridized carbons (Fsp3) is 0.316. The predicted molar refractivity (Wildman–Crippen MR) is 101 cm³/mol. The van der Waals surface area contributed by atoms with Crippen LogP contribution in [0.3, 0.4) is 0 Å². The van der Waals surface area contributed by atoms with Gasteiger partial charge in [-0.15, -0.1) is 0 Å². The molecular weight excluding hydrogens is 355 g/mol. The van der Waals surface area contributed by atoms with E-state index in [1.54, 1.807) is 31.2 Å². The Morgan fingerprint density at radius 2 is 1.65 bits per heavy atom. The molecule has 0 fully saturated rings. The van der Waals surface area contributed by atoms with Gasteiger partial charge in [0.05, 0.1) is 11.9 Å². The second kappa shape index (κ2) is 7.86. The Balaban J connectivity index is 2.22. The minimum absolute atomic E-state index is 0.188. The van der Waals surface area contributed by atoms with E-state index in [2.05, 4.69) is 5.32 Å². The van der Waals surface area contributed by atoms with E-state index in [0.717, 1.165) is 27.3 Å². The second-order valence-corrected chi connectivity index (χ2v) is 8.28. The molecule has 0 saturated carbocycles. The summed E-state index contributed by atoms with van der Waals surface area (Å²) in [5.74, 6) is -0.787. The van der Waals surface area contributed by atoms with Gasteiger partial charge < -0.3 is 5.32 Å². The van der Waals surface area contributed by atoms with Gasteiger partial charge in [-0.3, -0.25) is 9.10 Å². The molecule has 0 saturated heterocycles. The van der Waals surface area contributed by atoms with Gasteiger partial charge in [-0.25, -0.2) is 12.8 Å². The average molecular weight is 378 g/mol. The molecule has 0 aromatic heterocycles. The monoisotopic (exact) mass is 378 g/mol. The summed E-state index contributed by atoms with van der Waals surface area (Å²) in [5.41, 5.74) is 3.00. The molecule has 0 aliphatic heterocycles. The van der Waals surface area contributed by atoms with E-state index in [4.69, 9.17) is 0 Å². The van der Waals surface area contributed by atoms with Crippen LogP contribution in [0.25, 0.3) is 0 Å². The van der Waals surface area contributed by atoms with Gasteiger partial charge in [-0.05, 0) is 61.7 Å². The number of nitrogens with one attached hydrogen (secondary N) is 1. The fourth-order valence-corrected chi connectivity index (χ4v) is 3.98. The SMILES string of the molecule is Cc1cc(C)cc(N([C@@H](C)C(=O)NCc2ccc(F)cc2)S(C)(=O)=O)c1. The van der Waals surface area contributed by atoms with E-state index in [9.17, 15) is 17.6 Å². The summed E-state index contributed by atoms with van der Waals surface area (Å²) in [5, 5.41) is 2.70. The first kappa shape index (κ1) is 19.9. The Morgan fingerprint density at radius 1 is 1.12 bits per heavy atom. The van der Waals surface area contributed by atoms with Crippen LogP contribution in [-0.4, -0.2) is 26.6 Å². The summed E-state index contributed by atoms with van der Waals surface area (Å²) >= 11 is 0. The molecule has 2 aromatic carbocycles. The van der Waals surface area contributed by atoms with Crippen LogP contribution >= 0.6 is 0 Å². The lowest BCUT2D eigenvalue weighted by molar-refractivity contribution is -0.122. The summed E-state index contributed by atoms with van der Waals surface area (Å²) < 4.78 is 38.7. The van der Waals surface area contributed by atoms with Crippen LogP contribution in [0.15, 0.2) is 42.5 Å². The van der Waals surface area contributed by atoms with Crippen molar-refractivity contribution in [3.63, 3.8) is 0 Å². The number of amides is 1. The molecule has 0 radical (unpaired) electrons. The van der Waals surface area contributed by atoms with Crippen molar-refractivity contribution in [3.8, 4) is 0 Å². The lowest BCUT2D eigenvalue weighted by Crippen LogP contribution is -2.47. The van der Waals surface area contributed by atoms with Crippen LogP contribution in [0.5, 0.6) is 0 Å². The number of nitrogens with zero attached hydrogens (tertiary/aromatic N) is 1. The number of anilines is 1. The number of hydrogen-bond acceptors (Lipinski definition) is 3. The number of benzene rings is 2. The van der Waals surface area contributed by atoms with E-state index in [1.165, 1.54) is 12.1 Å². The van der Waals surface area contributed by atoms with Crippen molar-refractivity contribution in [2.45, 2.75) is 33.4 Å². The van der Waals surface area contributed by atoms with Crippen molar-refractivity contribution in [1.82, 2.24) is 5.32 Å².